The maximum atomic E-state index is 12.8. The average Bonchev–Trinajstić information content (AvgIpc) is 2.58. The molecular weight excluding hydrogens is 307 g/mol. The molecule has 1 aromatic heterocycles. The fourth-order valence-electron chi connectivity index (χ4n) is 2.71. The van der Waals surface area contributed by atoms with Crippen molar-refractivity contribution in [1.82, 2.24) is 14.1 Å². The summed E-state index contributed by atoms with van der Waals surface area (Å²) in [4.78, 5) is 0. The number of alkyl halides is 3. The summed E-state index contributed by atoms with van der Waals surface area (Å²) in [6.45, 7) is 0.329. The van der Waals surface area contributed by atoms with Crippen LogP contribution in [0.4, 0.5) is 13.2 Å². The lowest BCUT2D eigenvalue weighted by Crippen LogP contribution is -2.34. The highest BCUT2D eigenvalue weighted by molar-refractivity contribution is 7.88. The van der Waals surface area contributed by atoms with Crippen molar-refractivity contribution in [1.29, 1.82) is 0 Å². The van der Waals surface area contributed by atoms with Crippen LogP contribution < -0.4 is 0 Å². The lowest BCUT2D eigenvalue weighted by Gasteiger charge is -2.27. The zero-order valence-corrected chi connectivity index (χ0v) is 12.7. The van der Waals surface area contributed by atoms with E-state index in [4.69, 9.17) is 0 Å². The highest BCUT2D eigenvalue weighted by atomic mass is 32.2. The fourth-order valence-corrected chi connectivity index (χ4v) is 3.84. The summed E-state index contributed by atoms with van der Waals surface area (Å²) in [5.41, 5.74) is -0.702. The van der Waals surface area contributed by atoms with E-state index in [-0.39, 0.29) is 5.69 Å². The van der Waals surface area contributed by atoms with Crippen LogP contribution in [0.3, 0.4) is 0 Å². The number of aryl methyl sites for hydroxylation is 1. The second-order valence-corrected chi connectivity index (χ2v) is 7.25. The van der Waals surface area contributed by atoms with Gasteiger partial charge in [0.1, 0.15) is 0 Å². The molecule has 1 saturated heterocycles. The predicted octanol–water partition coefficient (Wildman–Crippen LogP) is 2.32. The van der Waals surface area contributed by atoms with Gasteiger partial charge in [0.15, 0.2) is 5.69 Å². The summed E-state index contributed by atoms with van der Waals surface area (Å²) in [5, 5.41) is 3.47. The minimum atomic E-state index is -4.53. The van der Waals surface area contributed by atoms with Crippen molar-refractivity contribution >= 4 is 10.0 Å². The van der Waals surface area contributed by atoms with Gasteiger partial charge < -0.3 is 0 Å². The van der Waals surface area contributed by atoms with Crippen molar-refractivity contribution in [2.45, 2.75) is 37.9 Å². The molecule has 1 aliphatic rings. The SMILES string of the molecule is Cn1nc(C(F)(F)F)cc1[C@@H]1CCCCCN1S(C)(=O)=O. The minimum absolute atomic E-state index is 0.287. The summed E-state index contributed by atoms with van der Waals surface area (Å²) < 4.78 is 64.5. The molecule has 1 atom stereocenters. The minimum Gasteiger partial charge on any atom is -0.270 e. The Morgan fingerprint density at radius 2 is 1.95 bits per heavy atom. The third-order valence-electron chi connectivity index (χ3n) is 3.68. The Balaban J connectivity index is 2.44. The molecule has 1 fully saturated rings. The van der Waals surface area contributed by atoms with Gasteiger partial charge in [-0.05, 0) is 18.9 Å². The molecule has 0 radical (unpaired) electrons. The van der Waals surface area contributed by atoms with Gasteiger partial charge in [-0.3, -0.25) is 4.68 Å². The first-order valence-electron chi connectivity index (χ1n) is 6.68. The number of sulfonamides is 1. The van der Waals surface area contributed by atoms with Crippen LogP contribution in [0.25, 0.3) is 0 Å². The monoisotopic (exact) mass is 325 g/mol. The van der Waals surface area contributed by atoms with Gasteiger partial charge in [0.25, 0.3) is 0 Å². The van der Waals surface area contributed by atoms with Crippen LogP contribution in [0.5, 0.6) is 0 Å². The fraction of sp³-hybridized carbons (Fsp3) is 0.750. The van der Waals surface area contributed by atoms with E-state index in [9.17, 15) is 21.6 Å². The van der Waals surface area contributed by atoms with Crippen LogP contribution >= 0.6 is 0 Å². The molecule has 0 spiro atoms. The third kappa shape index (κ3) is 3.57. The lowest BCUT2D eigenvalue weighted by molar-refractivity contribution is -0.141. The maximum absolute atomic E-state index is 12.8. The van der Waals surface area contributed by atoms with Crippen LogP contribution in [0.15, 0.2) is 6.07 Å². The Kier molecular flexibility index (Phi) is 4.34. The maximum Gasteiger partial charge on any atom is 0.435 e. The average molecular weight is 325 g/mol. The number of rotatable bonds is 2. The van der Waals surface area contributed by atoms with Gasteiger partial charge in [0.2, 0.25) is 10.0 Å². The quantitative estimate of drug-likeness (QED) is 0.838. The molecule has 9 heteroatoms. The van der Waals surface area contributed by atoms with Crippen molar-refractivity contribution in [3.63, 3.8) is 0 Å². The topological polar surface area (TPSA) is 55.2 Å². The first-order valence-corrected chi connectivity index (χ1v) is 8.53. The molecule has 0 bridgehead atoms. The van der Waals surface area contributed by atoms with Crippen LogP contribution in [0.2, 0.25) is 0 Å². The number of hydrogen-bond acceptors (Lipinski definition) is 3. The van der Waals surface area contributed by atoms with Crippen molar-refractivity contribution in [3.8, 4) is 0 Å². The van der Waals surface area contributed by atoms with E-state index >= 15 is 0 Å². The van der Waals surface area contributed by atoms with Gasteiger partial charge in [-0.25, -0.2) is 8.42 Å². The van der Waals surface area contributed by atoms with Crippen LogP contribution in [-0.2, 0) is 23.2 Å². The molecule has 0 aromatic carbocycles. The molecule has 0 N–H and O–H groups in total. The molecule has 5 nitrogen and oxygen atoms in total. The Morgan fingerprint density at radius 3 is 2.48 bits per heavy atom. The Morgan fingerprint density at radius 1 is 1.29 bits per heavy atom. The van der Waals surface area contributed by atoms with Gasteiger partial charge in [-0.1, -0.05) is 12.8 Å². The van der Waals surface area contributed by atoms with Crippen molar-refractivity contribution in [2.24, 2.45) is 7.05 Å². The van der Waals surface area contributed by atoms with Gasteiger partial charge in [0.05, 0.1) is 18.0 Å². The molecule has 0 amide bonds. The third-order valence-corrected chi connectivity index (χ3v) is 4.97. The van der Waals surface area contributed by atoms with Gasteiger partial charge in [-0.15, -0.1) is 0 Å². The summed E-state index contributed by atoms with van der Waals surface area (Å²) in [7, 11) is -2.07. The lowest BCUT2D eigenvalue weighted by atomic mass is 10.1. The zero-order valence-electron chi connectivity index (χ0n) is 11.9. The summed E-state index contributed by atoms with van der Waals surface area (Å²) in [5.74, 6) is 0. The molecule has 2 heterocycles. The predicted molar refractivity (Wildman–Crippen MR) is 71.0 cm³/mol. The molecule has 0 aliphatic carbocycles. The Labute approximate surface area is 121 Å². The second kappa shape index (κ2) is 5.60. The van der Waals surface area contributed by atoms with E-state index < -0.39 is 27.9 Å². The van der Waals surface area contributed by atoms with E-state index in [0.29, 0.717) is 19.4 Å². The highest BCUT2D eigenvalue weighted by Crippen LogP contribution is 2.35. The van der Waals surface area contributed by atoms with Crippen LogP contribution in [0, 0.1) is 0 Å². The first kappa shape index (κ1) is 16.3. The number of aromatic nitrogens is 2. The molecule has 1 aliphatic heterocycles. The Hall–Kier alpha value is -1.09. The molecule has 2 rings (SSSR count). The van der Waals surface area contributed by atoms with Crippen molar-refractivity contribution in [2.75, 3.05) is 12.8 Å². The largest absolute Gasteiger partial charge is 0.435 e. The smallest absolute Gasteiger partial charge is 0.270 e. The second-order valence-electron chi connectivity index (χ2n) is 5.31. The summed E-state index contributed by atoms with van der Waals surface area (Å²) in [6.07, 6.45) is -0.573. The van der Waals surface area contributed by atoms with E-state index in [1.807, 2.05) is 0 Å². The van der Waals surface area contributed by atoms with Gasteiger partial charge in [0, 0.05) is 13.6 Å². The summed E-state index contributed by atoms with van der Waals surface area (Å²) >= 11 is 0. The van der Waals surface area contributed by atoms with Crippen LogP contribution in [-0.4, -0.2) is 35.3 Å². The van der Waals surface area contributed by atoms with Crippen molar-refractivity contribution in [3.05, 3.63) is 17.5 Å². The standard InChI is InChI=1S/C12H18F3N3O2S/c1-17-10(8-11(16-17)12(13,14)15)9-6-4-3-5-7-18(9)21(2,19)20/h8-9H,3-7H2,1-2H3/t9-/m0/s1. The van der Waals surface area contributed by atoms with Gasteiger partial charge in [-0.2, -0.15) is 22.6 Å². The molecule has 21 heavy (non-hydrogen) atoms. The van der Waals surface area contributed by atoms with E-state index in [2.05, 4.69) is 5.10 Å². The van der Waals surface area contributed by atoms with E-state index in [1.165, 1.54) is 11.4 Å². The molecular formula is C12H18F3N3O2S. The van der Waals surface area contributed by atoms with E-state index in [1.54, 1.807) is 0 Å². The highest BCUT2D eigenvalue weighted by Gasteiger charge is 2.37. The van der Waals surface area contributed by atoms with Crippen molar-refractivity contribution < 1.29 is 21.6 Å². The molecule has 0 unspecified atom stereocenters. The van der Waals surface area contributed by atoms with E-state index in [0.717, 1.165) is 29.8 Å². The molecule has 120 valence electrons. The van der Waals surface area contributed by atoms with Crippen LogP contribution in [0.1, 0.15) is 43.1 Å². The summed E-state index contributed by atoms with van der Waals surface area (Å²) in [6, 6.07) is 0.366. The number of hydrogen-bond donors (Lipinski definition) is 0. The number of halogens is 3. The number of nitrogens with zero attached hydrogens (tertiary/aromatic N) is 3. The zero-order chi connectivity index (χ0) is 15.8. The van der Waals surface area contributed by atoms with Gasteiger partial charge >= 0.3 is 6.18 Å². The Bertz CT molecular complexity index is 610. The molecule has 0 saturated carbocycles. The normalized spacial score (nSPS) is 22.2. The first-order chi connectivity index (χ1) is 9.60. The molecule has 1 aromatic rings.